The highest BCUT2D eigenvalue weighted by Gasteiger charge is 2.17. The molecule has 1 saturated heterocycles. The number of carbonyl (C=O) groups excluding carboxylic acids is 2. The molecule has 0 atom stereocenters. The van der Waals surface area contributed by atoms with Crippen molar-refractivity contribution in [3.8, 4) is 11.1 Å². The number of amides is 2. The molecule has 5 rings (SSSR count). The molecule has 0 aliphatic carbocycles. The molecule has 0 spiro atoms. The fourth-order valence-electron chi connectivity index (χ4n) is 4.69. The molecule has 3 N–H and O–H groups in total. The fraction of sp³-hybridized carbons (Fsp3) is 0.250. The number of hydrogen-bond acceptors (Lipinski definition) is 5. The van der Waals surface area contributed by atoms with Gasteiger partial charge in [-0.2, -0.15) is 0 Å². The molecule has 0 unspecified atom stereocenters. The van der Waals surface area contributed by atoms with E-state index in [-0.39, 0.29) is 12.3 Å². The molecule has 0 bridgehead atoms. The first-order valence-corrected chi connectivity index (χ1v) is 12.1. The van der Waals surface area contributed by atoms with Crippen LogP contribution >= 0.6 is 0 Å². The highest BCUT2D eigenvalue weighted by Crippen LogP contribution is 2.26. The quantitative estimate of drug-likeness (QED) is 0.401. The lowest BCUT2D eigenvalue weighted by Gasteiger charge is -2.26. The molecule has 1 aliphatic heterocycles. The van der Waals surface area contributed by atoms with Crippen LogP contribution in [0.15, 0.2) is 73.2 Å². The first kappa shape index (κ1) is 23.7. The molecule has 0 saturated carbocycles. The van der Waals surface area contributed by atoms with Crippen LogP contribution in [0.5, 0.6) is 0 Å². The summed E-state index contributed by atoms with van der Waals surface area (Å²) in [6.07, 6.45) is 4.34. The molecular formula is C28H29N5O3. The number of pyridine rings is 1. The third-order valence-corrected chi connectivity index (χ3v) is 6.56. The Morgan fingerprint density at radius 3 is 2.61 bits per heavy atom. The third-order valence-electron chi connectivity index (χ3n) is 6.56. The monoisotopic (exact) mass is 483 g/mol. The molecule has 2 amide bonds. The van der Waals surface area contributed by atoms with Gasteiger partial charge in [-0.3, -0.25) is 14.5 Å². The Morgan fingerprint density at radius 2 is 1.83 bits per heavy atom. The summed E-state index contributed by atoms with van der Waals surface area (Å²) < 4.78 is 7.36. The summed E-state index contributed by atoms with van der Waals surface area (Å²) in [5.41, 5.74) is 11.4. The van der Waals surface area contributed by atoms with Gasteiger partial charge in [-0.1, -0.05) is 36.4 Å². The molecule has 8 nitrogen and oxygen atoms in total. The lowest BCUT2D eigenvalue weighted by molar-refractivity contribution is -0.115. The summed E-state index contributed by atoms with van der Waals surface area (Å²) in [5, 5.41) is 3.01. The number of anilines is 1. The molecule has 184 valence electrons. The fourth-order valence-corrected chi connectivity index (χ4v) is 4.69. The number of aromatic nitrogens is 2. The molecule has 0 radical (unpaired) electrons. The summed E-state index contributed by atoms with van der Waals surface area (Å²) in [5.74, 6) is -0.622. The zero-order chi connectivity index (χ0) is 24.9. The second kappa shape index (κ2) is 10.7. The number of carbonyl (C=O) groups is 2. The number of morpholine rings is 1. The topological polar surface area (TPSA) is 102 Å². The van der Waals surface area contributed by atoms with Gasteiger partial charge in [-0.05, 0) is 41.8 Å². The highest BCUT2D eigenvalue weighted by molar-refractivity contribution is 5.97. The number of nitrogens with two attached hydrogens (primary N) is 1. The van der Waals surface area contributed by atoms with Gasteiger partial charge in [0.25, 0.3) is 0 Å². The van der Waals surface area contributed by atoms with Gasteiger partial charge >= 0.3 is 0 Å². The van der Waals surface area contributed by atoms with E-state index in [1.54, 1.807) is 24.7 Å². The van der Waals surface area contributed by atoms with Crippen molar-refractivity contribution in [2.24, 2.45) is 5.73 Å². The van der Waals surface area contributed by atoms with Crippen molar-refractivity contribution in [2.45, 2.75) is 12.8 Å². The van der Waals surface area contributed by atoms with Gasteiger partial charge in [0.2, 0.25) is 11.8 Å². The Balaban J connectivity index is 1.36. The van der Waals surface area contributed by atoms with Crippen LogP contribution in [0.25, 0.3) is 16.6 Å². The SMILES string of the molecule is NC(=O)c1ccc(NC(=O)Cc2c(-c3ccccc3)ccc3cncn23)cc1CCN1CCOCC1. The Kier molecular flexibility index (Phi) is 7.06. The van der Waals surface area contributed by atoms with Crippen LogP contribution in [-0.2, 0) is 22.4 Å². The normalized spacial score (nSPS) is 14.1. The van der Waals surface area contributed by atoms with E-state index in [0.29, 0.717) is 30.9 Å². The molecule has 8 heteroatoms. The van der Waals surface area contributed by atoms with Gasteiger partial charge in [0.05, 0.1) is 37.7 Å². The number of nitrogens with zero attached hydrogens (tertiary/aromatic N) is 3. The summed E-state index contributed by atoms with van der Waals surface area (Å²) in [7, 11) is 0. The highest BCUT2D eigenvalue weighted by atomic mass is 16.5. The molecule has 3 heterocycles. The van der Waals surface area contributed by atoms with Gasteiger partial charge in [0, 0.05) is 42.1 Å². The van der Waals surface area contributed by atoms with Crippen molar-refractivity contribution in [1.29, 1.82) is 0 Å². The van der Waals surface area contributed by atoms with Crippen LogP contribution in [0.3, 0.4) is 0 Å². The lowest BCUT2D eigenvalue weighted by atomic mass is 10.0. The predicted octanol–water partition coefficient (Wildman–Crippen LogP) is 3.16. The van der Waals surface area contributed by atoms with Crippen molar-refractivity contribution < 1.29 is 14.3 Å². The minimum atomic E-state index is -0.468. The van der Waals surface area contributed by atoms with Crippen molar-refractivity contribution in [1.82, 2.24) is 14.3 Å². The number of fused-ring (bicyclic) bond motifs is 1. The standard InChI is InChI=1S/C28H29N5O3/c29-28(35)25-8-6-22(16-21(25)10-11-32-12-14-36-15-13-32)31-27(34)17-26-24(20-4-2-1-3-5-20)9-7-23-18-30-19-33(23)26/h1-9,16,18-19H,10-15,17H2,(H2,29,35)(H,31,34). The van der Waals surface area contributed by atoms with E-state index < -0.39 is 5.91 Å². The number of imidazole rings is 1. The summed E-state index contributed by atoms with van der Waals surface area (Å²) >= 11 is 0. The lowest BCUT2D eigenvalue weighted by Crippen LogP contribution is -2.37. The maximum Gasteiger partial charge on any atom is 0.248 e. The Hall–Kier alpha value is -4.01. The van der Waals surface area contributed by atoms with Crippen molar-refractivity contribution in [2.75, 3.05) is 38.2 Å². The largest absolute Gasteiger partial charge is 0.379 e. The molecule has 36 heavy (non-hydrogen) atoms. The second-order valence-corrected chi connectivity index (χ2v) is 8.91. The van der Waals surface area contributed by atoms with Gasteiger partial charge in [-0.25, -0.2) is 4.98 Å². The number of primary amides is 1. The second-order valence-electron chi connectivity index (χ2n) is 8.91. The average molecular weight is 484 g/mol. The van der Waals surface area contributed by atoms with Crippen LogP contribution in [0, 0.1) is 0 Å². The average Bonchev–Trinajstić information content (AvgIpc) is 3.38. The van der Waals surface area contributed by atoms with Crippen LogP contribution in [0.1, 0.15) is 21.6 Å². The zero-order valence-electron chi connectivity index (χ0n) is 20.0. The molecule has 2 aromatic heterocycles. The minimum Gasteiger partial charge on any atom is -0.379 e. The van der Waals surface area contributed by atoms with E-state index in [4.69, 9.17) is 10.5 Å². The van der Waals surface area contributed by atoms with E-state index in [1.165, 1.54) is 0 Å². The summed E-state index contributed by atoms with van der Waals surface area (Å²) in [4.78, 5) is 31.8. The smallest absolute Gasteiger partial charge is 0.248 e. The van der Waals surface area contributed by atoms with Crippen molar-refractivity contribution >= 4 is 23.0 Å². The van der Waals surface area contributed by atoms with Gasteiger partial charge in [-0.15, -0.1) is 0 Å². The summed E-state index contributed by atoms with van der Waals surface area (Å²) in [6.45, 7) is 3.96. The third kappa shape index (κ3) is 5.30. The predicted molar refractivity (Wildman–Crippen MR) is 139 cm³/mol. The van der Waals surface area contributed by atoms with E-state index in [2.05, 4.69) is 15.2 Å². The van der Waals surface area contributed by atoms with E-state index in [0.717, 1.165) is 47.5 Å². The zero-order valence-corrected chi connectivity index (χ0v) is 20.0. The van der Waals surface area contributed by atoms with Gasteiger partial charge in [0.1, 0.15) is 0 Å². The first-order valence-electron chi connectivity index (χ1n) is 12.1. The first-order chi connectivity index (χ1) is 17.6. The van der Waals surface area contributed by atoms with Crippen molar-refractivity contribution in [3.63, 3.8) is 0 Å². The summed E-state index contributed by atoms with van der Waals surface area (Å²) in [6, 6.07) is 19.3. The number of hydrogen-bond donors (Lipinski definition) is 2. The van der Waals surface area contributed by atoms with Crippen LogP contribution in [-0.4, -0.2) is 58.9 Å². The minimum absolute atomic E-state index is 0.153. The maximum atomic E-state index is 13.2. The molecular weight excluding hydrogens is 454 g/mol. The van der Waals surface area contributed by atoms with Crippen LogP contribution < -0.4 is 11.1 Å². The number of benzene rings is 2. The van der Waals surface area contributed by atoms with E-state index >= 15 is 0 Å². The Morgan fingerprint density at radius 1 is 1.03 bits per heavy atom. The van der Waals surface area contributed by atoms with Gasteiger partial charge < -0.3 is 20.2 Å². The van der Waals surface area contributed by atoms with E-state index in [9.17, 15) is 9.59 Å². The number of rotatable bonds is 8. The number of nitrogens with one attached hydrogen (secondary N) is 1. The Bertz CT molecular complexity index is 1380. The molecule has 1 fully saturated rings. The van der Waals surface area contributed by atoms with Crippen LogP contribution in [0.4, 0.5) is 5.69 Å². The van der Waals surface area contributed by atoms with Crippen molar-refractivity contribution in [3.05, 3.63) is 90.0 Å². The number of ether oxygens (including phenoxy) is 1. The molecule has 1 aliphatic rings. The van der Waals surface area contributed by atoms with E-state index in [1.807, 2.05) is 52.9 Å². The molecule has 2 aromatic carbocycles. The molecule has 4 aromatic rings. The maximum absolute atomic E-state index is 13.2. The van der Waals surface area contributed by atoms with Crippen LogP contribution in [0.2, 0.25) is 0 Å². The van der Waals surface area contributed by atoms with Gasteiger partial charge in [0.15, 0.2) is 0 Å². The Labute approximate surface area is 209 Å².